The average molecular weight is 376 g/mol. The average Bonchev–Trinajstić information content (AvgIpc) is 3.33. The number of hydrogen-bond acceptors (Lipinski definition) is 6. The number of nitrogens with zero attached hydrogens (tertiary/aromatic N) is 6. The van der Waals surface area contributed by atoms with Gasteiger partial charge in [-0.3, -0.25) is 0 Å². The Balaban J connectivity index is 1.90. The quantitative estimate of drug-likeness (QED) is 0.528. The summed E-state index contributed by atoms with van der Waals surface area (Å²) in [5.41, 5.74) is 3.61. The standard InChI is InChI=1S/C20H20N6S/c1-13-7-9-14(10-8-13)26-18(23-24-25-26)15-12-21-19(20(2,3)4)22-17(15)16-6-5-11-27-16/h5-12H,1-4H3. The van der Waals surface area contributed by atoms with Gasteiger partial charge in [-0.05, 0) is 40.9 Å². The molecule has 0 atom stereocenters. The molecule has 0 fully saturated rings. The van der Waals surface area contributed by atoms with Crippen LogP contribution < -0.4 is 0 Å². The van der Waals surface area contributed by atoms with Crippen LogP contribution in [0.1, 0.15) is 32.2 Å². The van der Waals surface area contributed by atoms with Gasteiger partial charge in [0.15, 0.2) is 5.82 Å². The van der Waals surface area contributed by atoms with Crippen molar-refractivity contribution in [1.29, 1.82) is 0 Å². The molecule has 4 aromatic rings. The normalized spacial score (nSPS) is 11.7. The summed E-state index contributed by atoms with van der Waals surface area (Å²) in [7, 11) is 0. The minimum absolute atomic E-state index is 0.145. The van der Waals surface area contributed by atoms with Crippen molar-refractivity contribution in [1.82, 2.24) is 30.2 Å². The Morgan fingerprint density at radius 1 is 1.04 bits per heavy atom. The lowest BCUT2D eigenvalue weighted by molar-refractivity contribution is 0.546. The Morgan fingerprint density at radius 3 is 2.48 bits per heavy atom. The number of aryl methyl sites for hydroxylation is 1. The predicted octanol–water partition coefficient (Wildman–Crippen LogP) is 4.45. The first-order chi connectivity index (χ1) is 12.9. The second kappa shape index (κ2) is 6.66. The highest BCUT2D eigenvalue weighted by Crippen LogP contribution is 2.34. The van der Waals surface area contributed by atoms with Crippen molar-refractivity contribution in [3.8, 4) is 27.6 Å². The zero-order valence-electron chi connectivity index (χ0n) is 15.7. The van der Waals surface area contributed by atoms with E-state index in [0.29, 0.717) is 5.82 Å². The summed E-state index contributed by atoms with van der Waals surface area (Å²) in [6, 6.07) is 12.2. The largest absolute Gasteiger partial charge is 0.240 e. The third-order valence-electron chi connectivity index (χ3n) is 4.20. The Bertz CT molecular complexity index is 1060. The van der Waals surface area contributed by atoms with E-state index in [-0.39, 0.29) is 5.41 Å². The summed E-state index contributed by atoms with van der Waals surface area (Å²) in [6.45, 7) is 8.38. The predicted molar refractivity (Wildman–Crippen MR) is 107 cm³/mol. The molecule has 0 saturated heterocycles. The summed E-state index contributed by atoms with van der Waals surface area (Å²) in [5, 5.41) is 14.4. The summed E-state index contributed by atoms with van der Waals surface area (Å²) >= 11 is 1.64. The third-order valence-corrected chi connectivity index (χ3v) is 5.08. The molecule has 0 aliphatic heterocycles. The van der Waals surface area contributed by atoms with E-state index in [0.717, 1.165) is 27.6 Å². The van der Waals surface area contributed by atoms with Gasteiger partial charge in [-0.2, -0.15) is 4.68 Å². The first kappa shape index (κ1) is 17.5. The molecule has 7 heteroatoms. The van der Waals surface area contributed by atoms with Gasteiger partial charge in [0.25, 0.3) is 0 Å². The van der Waals surface area contributed by atoms with Crippen LogP contribution in [0.2, 0.25) is 0 Å². The molecule has 0 radical (unpaired) electrons. The van der Waals surface area contributed by atoms with Gasteiger partial charge in [0.05, 0.1) is 21.8 Å². The van der Waals surface area contributed by atoms with E-state index in [2.05, 4.69) is 54.3 Å². The number of tetrazole rings is 1. The van der Waals surface area contributed by atoms with Gasteiger partial charge in [-0.25, -0.2) is 9.97 Å². The smallest absolute Gasteiger partial charge is 0.190 e. The maximum atomic E-state index is 4.88. The van der Waals surface area contributed by atoms with Gasteiger partial charge in [0.1, 0.15) is 5.82 Å². The van der Waals surface area contributed by atoms with Crippen molar-refractivity contribution < 1.29 is 0 Å². The van der Waals surface area contributed by atoms with Crippen molar-refractivity contribution in [2.24, 2.45) is 0 Å². The van der Waals surface area contributed by atoms with E-state index in [4.69, 9.17) is 4.98 Å². The maximum Gasteiger partial charge on any atom is 0.190 e. The fraction of sp³-hybridized carbons (Fsp3) is 0.250. The molecule has 0 unspecified atom stereocenters. The van der Waals surface area contributed by atoms with Crippen LogP contribution in [0.3, 0.4) is 0 Å². The van der Waals surface area contributed by atoms with Crippen molar-refractivity contribution in [2.75, 3.05) is 0 Å². The molecule has 27 heavy (non-hydrogen) atoms. The van der Waals surface area contributed by atoms with E-state index >= 15 is 0 Å². The van der Waals surface area contributed by atoms with Gasteiger partial charge in [0, 0.05) is 11.6 Å². The molecule has 1 aromatic carbocycles. The maximum absolute atomic E-state index is 4.88. The van der Waals surface area contributed by atoms with Crippen LogP contribution in [0.5, 0.6) is 0 Å². The van der Waals surface area contributed by atoms with Gasteiger partial charge < -0.3 is 0 Å². The Kier molecular flexibility index (Phi) is 4.31. The molecule has 6 nitrogen and oxygen atoms in total. The second-order valence-corrected chi connectivity index (χ2v) is 8.38. The highest BCUT2D eigenvalue weighted by Gasteiger charge is 2.23. The molecule has 3 heterocycles. The molecule has 0 aliphatic rings. The van der Waals surface area contributed by atoms with Crippen molar-refractivity contribution in [3.05, 3.63) is 59.4 Å². The molecule has 3 aromatic heterocycles. The number of aromatic nitrogens is 6. The van der Waals surface area contributed by atoms with Crippen LogP contribution in [0.4, 0.5) is 0 Å². The van der Waals surface area contributed by atoms with Crippen LogP contribution in [0, 0.1) is 6.92 Å². The molecule has 0 saturated carbocycles. The molecule has 136 valence electrons. The zero-order valence-corrected chi connectivity index (χ0v) is 16.5. The number of benzene rings is 1. The lowest BCUT2D eigenvalue weighted by atomic mass is 9.95. The Labute approximate surface area is 161 Å². The zero-order chi connectivity index (χ0) is 19.0. The molecule has 4 rings (SSSR count). The Morgan fingerprint density at radius 2 is 1.81 bits per heavy atom. The van der Waals surface area contributed by atoms with Gasteiger partial charge in [-0.1, -0.05) is 44.5 Å². The molecule has 0 aliphatic carbocycles. The van der Waals surface area contributed by atoms with Gasteiger partial charge in [-0.15, -0.1) is 16.4 Å². The summed E-state index contributed by atoms with van der Waals surface area (Å²) < 4.78 is 1.73. The van der Waals surface area contributed by atoms with Gasteiger partial charge >= 0.3 is 0 Å². The highest BCUT2D eigenvalue weighted by molar-refractivity contribution is 7.13. The number of hydrogen-bond donors (Lipinski definition) is 0. The first-order valence-corrected chi connectivity index (χ1v) is 9.58. The van der Waals surface area contributed by atoms with E-state index < -0.39 is 0 Å². The number of thiophene rings is 1. The summed E-state index contributed by atoms with van der Waals surface area (Å²) in [4.78, 5) is 10.6. The molecule has 0 N–H and O–H groups in total. The first-order valence-electron chi connectivity index (χ1n) is 8.71. The monoisotopic (exact) mass is 376 g/mol. The summed E-state index contributed by atoms with van der Waals surface area (Å²) in [6.07, 6.45) is 1.83. The van der Waals surface area contributed by atoms with Crippen LogP contribution in [0.15, 0.2) is 48.0 Å². The van der Waals surface area contributed by atoms with E-state index in [1.807, 2.05) is 41.9 Å². The van der Waals surface area contributed by atoms with Crippen molar-refractivity contribution in [3.63, 3.8) is 0 Å². The van der Waals surface area contributed by atoms with Crippen LogP contribution >= 0.6 is 11.3 Å². The topological polar surface area (TPSA) is 69.4 Å². The minimum Gasteiger partial charge on any atom is -0.240 e. The minimum atomic E-state index is -0.145. The fourth-order valence-electron chi connectivity index (χ4n) is 2.72. The second-order valence-electron chi connectivity index (χ2n) is 7.43. The van der Waals surface area contributed by atoms with Crippen LogP contribution in [-0.4, -0.2) is 30.2 Å². The van der Waals surface area contributed by atoms with Crippen molar-refractivity contribution >= 4 is 11.3 Å². The van der Waals surface area contributed by atoms with Crippen LogP contribution in [-0.2, 0) is 5.41 Å². The van der Waals surface area contributed by atoms with Gasteiger partial charge in [0.2, 0.25) is 0 Å². The SMILES string of the molecule is Cc1ccc(-n2nnnc2-c2cnc(C(C)(C)C)nc2-c2cccs2)cc1. The highest BCUT2D eigenvalue weighted by atomic mass is 32.1. The van der Waals surface area contributed by atoms with E-state index in [1.54, 1.807) is 16.0 Å². The summed E-state index contributed by atoms with van der Waals surface area (Å²) in [5.74, 6) is 1.42. The van der Waals surface area contributed by atoms with E-state index in [1.165, 1.54) is 5.56 Å². The third kappa shape index (κ3) is 3.38. The van der Waals surface area contributed by atoms with Crippen molar-refractivity contribution in [2.45, 2.75) is 33.1 Å². The molecule has 0 amide bonds. The lowest BCUT2D eigenvalue weighted by Gasteiger charge is -2.18. The molecular weight excluding hydrogens is 356 g/mol. The van der Waals surface area contributed by atoms with Crippen LogP contribution in [0.25, 0.3) is 27.6 Å². The molecular formula is C20H20N6S. The Hall–Kier alpha value is -2.93. The molecule has 0 spiro atoms. The lowest BCUT2D eigenvalue weighted by Crippen LogP contribution is -2.16. The molecule has 0 bridgehead atoms. The fourth-order valence-corrected chi connectivity index (χ4v) is 3.45. The van der Waals surface area contributed by atoms with E-state index in [9.17, 15) is 0 Å². The number of rotatable bonds is 3.